The second-order valence-electron chi connectivity index (χ2n) is 10.2. The summed E-state index contributed by atoms with van der Waals surface area (Å²) in [5, 5.41) is 0. The second-order valence-corrected chi connectivity index (χ2v) is 10.2. The number of likely N-dealkylation sites (tertiary alicyclic amines) is 1. The summed E-state index contributed by atoms with van der Waals surface area (Å²) < 4.78 is 11.5. The van der Waals surface area contributed by atoms with Crippen molar-refractivity contribution in [2.75, 3.05) is 27.3 Å². The number of pyridine rings is 1. The number of esters is 2. The molecule has 0 radical (unpaired) electrons. The predicted molar refractivity (Wildman–Crippen MR) is 166 cm³/mol. The van der Waals surface area contributed by atoms with E-state index in [1.807, 2.05) is 24.3 Å². The van der Waals surface area contributed by atoms with Crippen LogP contribution in [0.1, 0.15) is 78.8 Å². The summed E-state index contributed by atoms with van der Waals surface area (Å²) in [7, 11) is 2.80. The van der Waals surface area contributed by atoms with Gasteiger partial charge in [-0.25, -0.2) is 14.2 Å². The molecule has 0 spiro atoms. The normalized spacial score (nSPS) is 13.7. The maximum Gasteiger partial charge on any atom is 0.337 e. The van der Waals surface area contributed by atoms with Gasteiger partial charge in [0.1, 0.15) is 0 Å². The Balaban J connectivity index is 0.000000267. The van der Waals surface area contributed by atoms with Crippen LogP contribution in [-0.2, 0) is 9.47 Å². The number of ether oxygens (including phenoxy) is 2. The molecule has 2 aromatic carbocycles. The lowest BCUT2D eigenvalue weighted by Crippen LogP contribution is -2.37. The van der Waals surface area contributed by atoms with E-state index < -0.39 is 0 Å². The number of methoxy groups -OCH3 is 2. The lowest BCUT2D eigenvalue weighted by Gasteiger charge is -2.34. The fraction of sp³-hybridized carbons (Fsp3) is 0.406. The molecule has 2 heterocycles. The molecule has 6 nitrogen and oxygen atoms in total. The third-order valence-corrected chi connectivity index (χ3v) is 7.15. The number of hydrogen-bond acceptors (Lipinski definition) is 5. The number of carbonyl (C=O) groups is 2. The first-order valence-electron chi connectivity index (χ1n) is 13.3. The van der Waals surface area contributed by atoms with E-state index in [0.29, 0.717) is 29.1 Å². The highest BCUT2D eigenvalue weighted by Gasteiger charge is 2.22. The van der Waals surface area contributed by atoms with Crippen LogP contribution < -0.4 is 4.57 Å². The molecule has 1 fully saturated rings. The van der Waals surface area contributed by atoms with Gasteiger partial charge in [0, 0.05) is 18.2 Å². The molecule has 210 valence electrons. The van der Waals surface area contributed by atoms with E-state index in [2.05, 4.69) is 78.6 Å². The number of hydrogen-bond donors (Lipinski definition) is 0. The molecular formula is C32H42IN2O4+. The molecule has 0 amide bonds. The number of benzene rings is 2. The van der Waals surface area contributed by atoms with Crippen molar-refractivity contribution in [2.24, 2.45) is 0 Å². The molecule has 4 rings (SSSR count). The zero-order valence-electron chi connectivity index (χ0n) is 23.9. The van der Waals surface area contributed by atoms with Crippen LogP contribution in [0.5, 0.6) is 0 Å². The Morgan fingerprint density at radius 2 is 1.18 bits per heavy atom. The summed E-state index contributed by atoms with van der Waals surface area (Å²) in [4.78, 5) is 25.3. The van der Waals surface area contributed by atoms with Crippen molar-refractivity contribution in [2.45, 2.75) is 58.5 Å². The summed E-state index contributed by atoms with van der Waals surface area (Å²) in [5.41, 5.74) is 4.76. The molecule has 0 unspecified atom stereocenters. The first-order valence-corrected chi connectivity index (χ1v) is 13.3. The van der Waals surface area contributed by atoms with Crippen LogP contribution in [0.15, 0.2) is 73.1 Å². The highest BCUT2D eigenvalue weighted by atomic mass is 127. The maximum absolute atomic E-state index is 11.4. The fourth-order valence-electron chi connectivity index (χ4n) is 4.65. The zero-order chi connectivity index (χ0) is 27.7. The summed E-state index contributed by atoms with van der Waals surface area (Å²) in [6.45, 7) is 11.1. The van der Waals surface area contributed by atoms with Crippen molar-refractivity contribution >= 4 is 35.9 Å². The van der Waals surface area contributed by atoms with Gasteiger partial charge >= 0.3 is 11.9 Å². The first-order chi connectivity index (χ1) is 18.2. The average Bonchev–Trinajstić information content (AvgIpc) is 2.97. The number of carbonyl (C=O) groups excluding carboxylic acids is 2. The maximum atomic E-state index is 11.4. The monoisotopic (exact) mass is 645 g/mol. The lowest BCUT2D eigenvalue weighted by molar-refractivity contribution is -0.716. The quantitative estimate of drug-likeness (QED) is 0.170. The summed E-state index contributed by atoms with van der Waals surface area (Å²) >= 11 is 0. The van der Waals surface area contributed by atoms with Crippen LogP contribution in [0, 0.1) is 0 Å². The van der Waals surface area contributed by atoms with E-state index in [-0.39, 0.29) is 35.9 Å². The Morgan fingerprint density at radius 3 is 1.59 bits per heavy atom. The molecule has 1 aromatic heterocycles. The van der Waals surface area contributed by atoms with Gasteiger partial charge in [0.05, 0.1) is 25.3 Å². The van der Waals surface area contributed by atoms with Gasteiger partial charge in [-0.3, -0.25) is 0 Å². The third-order valence-electron chi connectivity index (χ3n) is 7.15. The molecule has 3 aromatic rings. The van der Waals surface area contributed by atoms with Crippen LogP contribution in [-0.4, -0.2) is 50.2 Å². The minimum atomic E-state index is -0.308. The molecule has 0 atom stereocenters. The van der Waals surface area contributed by atoms with Gasteiger partial charge in [-0.05, 0) is 100 Å². The number of rotatable bonds is 6. The summed E-state index contributed by atoms with van der Waals surface area (Å²) in [6, 6.07) is 20.6. The average molecular weight is 646 g/mol. The van der Waals surface area contributed by atoms with Crippen LogP contribution >= 0.6 is 24.0 Å². The zero-order valence-corrected chi connectivity index (χ0v) is 26.3. The van der Waals surface area contributed by atoms with Crippen molar-refractivity contribution in [1.29, 1.82) is 0 Å². The third kappa shape index (κ3) is 9.14. The van der Waals surface area contributed by atoms with E-state index in [4.69, 9.17) is 4.74 Å². The predicted octanol–water partition coefficient (Wildman–Crippen LogP) is 6.69. The summed E-state index contributed by atoms with van der Waals surface area (Å²) in [6.07, 6.45) is 6.54. The fourth-order valence-corrected chi connectivity index (χ4v) is 4.65. The topological polar surface area (TPSA) is 59.7 Å². The Bertz CT molecular complexity index is 1170. The van der Waals surface area contributed by atoms with Crippen molar-refractivity contribution < 1.29 is 23.6 Å². The van der Waals surface area contributed by atoms with Gasteiger partial charge in [0.15, 0.2) is 18.4 Å². The van der Waals surface area contributed by atoms with Gasteiger partial charge in [0.25, 0.3) is 0 Å². The number of nitrogens with zero attached hydrogens (tertiary/aromatic N) is 2. The second kappa shape index (κ2) is 15.7. The molecule has 0 bridgehead atoms. The smallest absolute Gasteiger partial charge is 0.337 e. The van der Waals surface area contributed by atoms with E-state index >= 15 is 0 Å². The van der Waals surface area contributed by atoms with E-state index in [9.17, 15) is 9.59 Å². The molecular weight excluding hydrogens is 603 g/mol. The molecule has 0 N–H and O–H groups in total. The molecule has 1 aliphatic rings. The van der Waals surface area contributed by atoms with E-state index in [1.165, 1.54) is 45.7 Å². The van der Waals surface area contributed by atoms with Crippen molar-refractivity contribution in [3.05, 3.63) is 89.7 Å². The molecule has 0 aliphatic carbocycles. The van der Waals surface area contributed by atoms with Gasteiger partial charge in [-0.2, -0.15) is 0 Å². The Kier molecular flexibility index (Phi) is 13.1. The molecule has 1 aliphatic heterocycles. The van der Waals surface area contributed by atoms with Crippen molar-refractivity contribution in [3.63, 3.8) is 0 Å². The standard InChI is InChI=1S/C16H23NO2.C16H18NO2.HI/c2*1-12(2)17-10-8-14(9-11-17)13-4-6-15(7-5-13)16(18)19-3;/h4-7,12,14H,8-11H2,1-3H3;4-12H,1-3H3;1H/q;+1;. The van der Waals surface area contributed by atoms with Crippen molar-refractivity contribution in [3.8, 4) is 11.1 Å². The van der Waals surface area contributed by atoms with Gasteiger partial charge in [0.2, 0.25) is 0 Å². The van der Waals surface area contributed by atoms with Gasteiger partial charge < -0.3 is 14.4 Å². The highest BCUT2D eigenvalue weighted by Crippen LogP contribution is 2.29. The Labute approximate surface area is 250 Å². The minimum absolute atomic E-state index is 0. The number of piperidine rings is 1. The molecule has 0 saturated carbocycles. The van der Waals surface area contributed by atoms with Crippen LogP contribution in [0.4, 0.5) is 0 Å². The highest BCUT2D eigenvalue weighted by molar-refractivity contribution is 14.0. The van der Waals surface area contributed by atoms with Crippen LogP contribution in [0.25, 0.3) is 11.1 Å². The van der Waals surface area contributed by atoms with Crippen molar-refractivity contribution in [1.82, 2.24) is 4.90 Å². The summed E-state index contributed by atoms with van der Waals surface area (Å²) in [5.74, 6) is 0.0557. The minimum Gasteiger partial charge on any atom is -0.465 e. The SMILES string of the molecule is COC(=O)c1ccc(-c2cc[n+](C(C)C)cc2)cc1.COC(=O)c1ccc(C2CCN(C(C)C)CC2)cc1.I. The molecule has 1 saturated heterocycles. The van der Waals surface area contributed by atoms with E-state index in [1.54, 1.807) is 12.1 Å². The number of aromatic nitrogens is 1. The molecule has 7 heteroatoms. The Hall–Kier alpha value is -2.78. The van der Waals surface area contributed by atoms with Gasteiger partial charge in [-0.1, -0.05) is 24.3 Å². The van der Waals surface area contributed by atoms with Crippen LogP contribution in [0.3, 0.4) is 0 Å². The molecule has 39 heavy (non-hydrogen) atoms. The number of halogens is 1. The largest absolute Gasteiger partial charge is 0.465 e. The van der Waals surface area contributed by atoms with Gasteiger partial charge in [-0.15, -0.1) is 24.0 Å². The lowest BCUT2D eigenvalue weighted by atomic mass is 9.88. The van der Waals surface area contributed by atoms with Crippen LogP contribution in [0.2, 0.25) is 0 Å². The Morgan fingerprint density at radius 1 is 0.744 bits per heavy atom. The first kappa shape index (κ1) is 32.4. The van der Waals surface area contributed by atoms with E-state index in [0.717, 1.165) is 11.1 Å².